The van der Waals surface area contributed by atoms with Crippen molar-refractivity contribution in [3.63, 3.8) is 0 Å². The van der Waals surface area contributed by atoms with Crippen LogP contribution in [0.5, 0.6) is 0 Å². The maximum Gasteiger partial charge on any atom is 0.0982 e. The molecule has 7 nitrogen and oxygen atoms in total. The third kappa shape index (κ3) is 14.3. The molecule has 214 valence electrons. The van der Waals surface area contributed by atoms with E-state index in [1.807, 2.05) is 20.8 Å². The zero-order chi connectivity index (χ0) is 29.7. The highest BCUT2D eigenvalue weighted by Crippen LogP contribution is 2.37. The number of rotatable bonds is 5. The van der Waals surface area contributed by atoms with Gasteiger partial charge >= 0.3 is 0 Å². The Labute approximate surface area is 233 Å². The number of nitrogens with one attached hydrogen (secondary N) is 3. The molecule has 0 aliphatic rings. The second kappa shape index (κ2) is 12.4. The maximum absolute atomic E-state index is 5.08. The molecule has 0 saturated heterocycles. The molecule has 0 unspecified atom stereocenters. The normalized spacial score (nSPS) is 15.1. The molecule has 0 heterocycles. The summed E-state index contributed by atoms with van der Waals surface area (Å²) in [6.45, 7) is 33.6. The van der Waals surface area contributed by atoms with Gasteiger partial charge in [0.05, 0.1) is 56.9 Å². The number of anilines is 3. The average Bonchev–Trinajstić information content (AvgIpc) is 2.58. The van der Waals surface area contributed by atoms with E-state index in [0.717, 1.165) is 52.4 Å². The first kappa shape index (κ1) is 33.3. The van der Waals surface area contributed by atoms with Crippen LogP contribution in [-0.2, 0) is 0 Å². The molecule has 1 aromatic rings. The molecule has 1 aromatic carbocycles. The van der Waals surface area contributed by atoms with Gasteiger partial charge in [0.2, 0.25) is 0 Å². The van der Waals surface area contributed by atoms with Gasteiger partial charge in [-0.1, -0.05) is 20.8 Å². The molecule has 0 amide bonds. The van der Waals surface area contributed by atoms with E-state index in [4.69, 9.17) is 20.0 Å². The molecular weight excluding hydrogens is 470 g/mol. The van der Waals surface area contributed by atoms with E-state index in [2.05, 4.69) is 118 Å². The number of amidine groups is 3. The van der Waals surface area contributed by atoms with Crippen LogP contribution in [0.2, 0.25) is 0 Å². The van der Waals surface area contributed by atoms with Gasteiger partial charge in [-0.3, -0.25) is 20.0 Å². The lowest BCUT2D eigenvalue weighted by atomic mass is 9.90. The van der Waals surface area contributed by atoms with Crippen molar-refractivity contribution in [3.05, 3.63) is 12.1 Å². The lowest BCUT2D eigenvalue weighted by Gasteiger charge is -2.22. The van der Waals surface area contributed by atoms with Gasteiger partial charge in [-0.25, -0.2) is 0 Å². The Balaban J connectivity index is 3.83. The molecule has 38 heavy (non-hydrogen) atoms. The van der Waals surface area contributed by atoms with Crippen molar-refractivity contribution in [1.82, 2.24) is 0 Å². The van der Waals surface area contributed by atoms with Crippen molar-refractivity contribution in [2.45, 2.75) is 134 Å². The summed E-state index contributed by atoms with van der Waals surface area (Å²) in [7, 11) is 0. The quantitative estimate of drug-likeness (QED) is 0.265. The topological polar surface area (TPSA) is 85.5 Å². The summed E-state index contributed by atoms with van der Waals surface area (Å²) >= 11 is 0. The number of aliphatic imine (C=N–C) groups is 4. The molecule has 0 aliphatic carbocycles. The van der Waals surface area contributed by atoms with Gasteiger partial charge in [0.25, 0.3) is 0 Å². The Morgan fingerprint density at radius 3 is 1.24 bits per heavy atom. The fourth-order valence-corrected chi connectivity index (χ4v) is 4.18. The fraction of sp³-hybridized carbons (Fsp3) is 0.677. The summed E-state index contributed by atoms with van der Waals surface area (Å²) in [5, 5.41) is 10.6. The van der Waals surface area contributed by atoms with Gasteiger partial charge < -0.3 is 16.0 Å². The smallest absolute Gasteiger partial charge is 0.0982 e. The van der Waals surface area contributed by atoms with Crippen molar-refractivity contribution in [2.24, 2.45) is 25.4 Å². The third-order valence-corrected chi connectivity index (χ3v) is 4.69. The van der Waals surface area contributed by atoms with Crippen molar-refractivity contribution in [1.29, 1.82) is 0 Å². The Bertz CT molecular complexity index is 1080. The summed E-state index contributed by atoms with van der Waals surface area (Å²) in [5.41, 5.74) is 4.13. The molecule has 3 N–H and O–H groups in total. The molecule has 0 atom stereocenters. The fourth-order valence-electron chi connectivity index (χ4n) is 4.18. The van der Waals surface area contributed by atoms with Gasteiger partial charge in [0.15, 0.2) is 0 Å². The zero-order valence-electron chi connectivity index (χ0n) is 27.2. The highest BCUT2D eigenvalue weighted by molar-refractivity contribution is 6.06. The molecule has 0 spiro atoms. The van der Waals surface area contributed by atoms with Crippen molar-refractivity contribution in [2.75, 3.05) is 16.0 Å². The number of hydrogen-bond acceptors (Lipinski definition) is 4. The van der Waals surface area contributed by atoms with Crippen LogP contribution in [0.25, 0.3) is 0 Å². The SMILES string of the molecule is CC(CC(C)(C)C)=Nc1cc(NC(C)=NC(C)(C)C)c(NC(C)=NC(C)(C)C)cc1NC(C)=NC(C)(C)C. The highest BCUT2D eigenvalue weighted by Gasteiger charge is 2.17. The van der Waals surface area contributed by atoms with Crippen molar-refractivity contribution >= 4 is 46.0 Å². The number of nitrogens with zero attached hydrogens (tertiary/aromatic N) is 4. The first-order valence-corrected chi connectivity index (χ1v) is 13.7. The van der Waals surface area contributed by atoms with E-state index in [1.54, 1.807) is 0 Å². The van der Waals surface area contributed by atoms with Gasteiger partial charge in [-0.2, -0.15) is 0 Å². The lowest BCUT2D eigenvalue weighted by Crippen LogP contribution is -2.21. The van der Waals surface area contributed by atoms with Gasteiger partial charge in [-0.05, 0) is 114 Å². The second-order valence-corrected chi connectivity index (χ2v) is 14.5. The molecular formula is C31H55N7. The Hall–Kier alpha value is -2.70. The Morgan fingerprint density at radius 2 is 0.895 bits per heavy atom. The lowest BCUT2D eigenvalue weighted by molar-refractivity contribution is 0.433. The minimum atomic E-state index is -0.195. The predicted octanol–water partition coefficient (Wildman–Crippen LogP) is 9.10. The number of hydrogen-bond donors (Lipinski definition) is 3. The van der Waals surface area contributed by atoms with Crippen LogP contribution in [0.4, 0.5) is 22.7 Å². The largest absolute Gasteiger partial charge is 0.343 e. The van der Waals surface area contributed by atoms with E-state index in [1.165, 1.54) is 0 Å². The van der Waals surface area contributed by atoms with Crippen LogP contribution in [0.3, 0.4) is 0 Å². The molecule has 0 aromatic heterocycles. The minimum Gasteiger partial charge on any atom is -0.343 e. The summed E-state index contributed by atoms with van der Waals surface area (Å²) in [6, 6.07) is 4.16. The van der Waals surface area contributed by atoms with Crippen LogP contribution in [0.15, 0.2) is 32.1 Å². The van der Waals surface area contributed by atoms with Gasteiger partial charge in [0, 0.05) is 5.71 Å². The summed E-state index contributed by atoms with van der Waals surface area (Å²) in [5.74, 6) is 2.50. The molecule has 0 bridgehead atoms. The van der Waals surface area contributed by atoms with Crippen LogP contribution < -0.4 is 16.0 Å². The molecule has 7 heteroatoms. The van der Waals surface area contributed by atoms with E-state index >= 15 is 0 Å². The maximum atomic E-state index is 5.08. The molecule has 0 fully saturated rings. The summed E-state index contributed by atoms with van der Waals surface area (Å²) < 4.78 is 0. The molecule has 0 aliphatic heterocycles. The van der Waals surface area contributed by atoms with E-state index < -0.39 is 0 Å². The first-order valence-electron chi connectivity index (χ1n) is 13.7. The van der Waals surface area contributed by atoms with Crippen molar-refractivity contribution in [3.8, 4) is 0 Å². The highest BCUT2D eigenvalue weighted by atomic mass is 15.1. The van der Waals surface area contributed by atoms with Gasteiger partial charge in [-0.15, -0.1) is 0 Å². The van der Waals surface area contributed by atoms with Crippen LogP contribution in [0.1, 0.15) is 117 Å². The predicted molar refractivity (Wildman–Crippen MR) is 173 cm³/mol. The van der Waals surface area contributed by atoms with Crippen molar-refractivity contribution < 1.29 is 0 Å². The summed E-state index contributed by atoms with van der Waals surface area (Å²) in [4.78, 5) is 19.5. The van der Waals surface area contributed by atoms with Crippen LogP contribution >= 0.6 is 0 Å². The van der Waals surface area contributed by atoms with E-state index in [-0.39, 0.29) is 22.0 Å². The molecule has 1 rings (SSSR count). The standard InChI is InChI=1S/C31H55N7/c1-20(19-28(5,6)7)32-24-17-26(34-22(3)37-30(11,12)13)27(35-23(4)38-31(14,15)16)18-25(24)33-21(2)36-29(8,9)10/h17-18H,19H2,1-16H3,(H,33,36)(H,34,37)(H,35,38). The van der Waals surface area contributed by atoms with Gasteiger partial charge in [0.1, 0.15) is 0 Å². The minimum absolute atomic E-state index is 0.143. The zero-order valence-corrected chi connectivity index (χ0v) is 27.2. The average molecular weight is 526 g/mol. The Kier molecular flexibility index (Phi) is 10.9. The van der Waals surface area contributed by atoms with Crippen LogP contribution in [-0.4, -0.2) is 39.8 Å². The number of benzene rings is 1. The van der Waals surface area contributed by atoms with E-state index in [0.29, 0.717) is 0 Å². The van der Waals surface area contributed by atoms with E-state index in [9.17, 15) is 0 Å². The first-order chi connectivity index (χ1) is 16.9. The third-order valence-electron chi connectivity index (χ3n) is 4.69. The summed E-state index contributed by atoms with van der Waals surface area (Å²) in [6.07, 6.45) is 0.895. The van der Waals surface area contributed by atoms with Crippen LogP contribution in [0, 0.1) is 5.41 Å². The second-order valence-electron chi connectivity index (χ2n) is 14.5. The Morgan fingerprint density at radius 1 is 0.553 bits per heavy atom. The monoisotopic (exact) mass is 525 g/mol. The molecule has 0 radical (unpaired) electrons. The molecule has 0 saturated carbocycles.